The van der Waals surface area contributed by atoms with E-state index in [1.54, 1.807) is 0 Å². The third kappa shape index (κ3) is 4.39. The summed E-state index contributed by atoms with van der Waals surface area (Å²) < 4.78 is 45.5. The number of ether oxygens (including phenoxy) is 1. The van der Waals surface area contributed by atoms with Crippen LogP contribution in [0.25, 0.3) is 0 Å². The summed E-state index contributed by atoms with van der Waals surface area (Å²) >= 11 is 0. The van der Waals surface area contributed by atoms with Crippen molar-refractivity contribution in [2.45, 2.75) is 25.7 Å². The van der Waals surface area contributed by atoms with Crippen molar-refractivity contribution in [3.63, 3.8) is 0 Å². The smallest absolute Gasteiger partial charge is 0.243 e. The fraction of sp³-hybridized carbons (Fsp3) is 0.571. The number of rotatable bonds is 7. The second-order valence-electron chi connectivity index (χ2n) is 5.38. The number of nitrogens with zero attached hydrogens (tertiary/aromatic N) is 1. The van der Waals surface area contributed by atoms with E-state index in [1.807, 2.05) is 13.8 Å². The summed E-state index contributed by atoms with van der Waals surface area (Å²) in [5.74, 6) is -0.479. The van der Waals surface area contributed by atoms with Gasteiger partial charge in [-0.15, -0.1) is 0 Å². The first-order valence-corrected chi connectivity index (χ1v) is 8.18. The van der Waals surface area contributed by atoms with E-state index in [0.717, 1.165) is 6.07 Å². The molecule has 0 aliphatic rings. The summed E-state index contributed by atoms with van der Waals surface area (Å²) in [6, 6.07) is 2.42. The van der Waals surface area contributed by atoms with Gasteiger partial charge < -0.3 is 10.5 Å². The molecule has 0 aliphatic carbocycles. The Bertz CT molecular complexity index is 588. The molecule has 120 valence electrons. The third-order valence-electron chi connectivity index (χ3n) is 3.05. The van der Waals surface area contributed by atoms with Gasteiger partial charge >= 0.3 is 0 Å². The van der Waals surface area contributed by atoms with E-state index in [9.17, 15) is 12.8 Å². The van der Waals surface area contributed by atoms with Crippen molar-refractivity contribution in [2.75, 3.05) is 32.5 Å². The number of nitrogens with two attached hydrogens (primary N) is 1. The maximum absolute atomic E-state index is 13.8. The molecule has 0 saturated carbocycles. The Morgan fingerprint density at radius 3 is 2.52 bits per heavy atom. The van der Waals surface area contributed by atoms with E-state index in [2.05, 4.69) is 0 Å². The fourth-order valence-electron chi connectivity index (χ4n) is 1.99. The molecular weight excluding hydrogens is 295 g/mol. The van der Waals surface area contributed by atoms with Crippen molar-refractivity contribution in [3.05, 3.63) is 23.5 Å². The minimum absolute atomic E-state index is 0.0790. The Balaban J connectivity index is 3.28. The molecular formula is C14H23FN2O3S. The van der Waals surface area contributed by atoms with Crippen LogP contribution in [0.5, 0.6) is 0 Å². The van der Waals surface area contributed by atoms with Crippen molar-refractivity contribution in [3.8, 4) is 0 Å². The highest BCUT2D eigenvalue weighted by molar-refractivity contribution is 7.89. The van der Waals surface area contributed by atoms with Crippen molar-refractivity contribution in [2.24, 2.45) is 5.92 Å². The molecule has 2 N–H and O–H groups in total. The average Bonchev–Trinajstić information content (AvgIpc) is 2.38. The average molecular weight is 318 g/mol. The number of anilines is 1. The van der Waals surface area contributed by atoms with Crippen LogP contribution in [0.2, 0.25) is 0 Å². The number of nitrogen functional groups attached to an aromatic ring is 1. The summed E-state index contributed by atoms with van der Waals surface area (Å²) in [6.07, 6.45) is 0. The molecule has 0 atom stereocenters. The number of halogens is 1. The van der Waals surface area contributed by atoms with Gasteiger partial charge in [0.25, 0.3) is 0 Å². The maximum atomic E-state index is 13.8. The summed E-state index contributed by atoms with van der Waals surface area (Å²) in [4.78, 5) is -0.0863. The van der Waals surface area contributed by atoms with Gasteiger partial charge in [-0.2, -0.15) is 4.31 Å². The molecule has 0 bridgehead atoms. The van der Waals surface area contributed by atoms with Crippen LogP contribution in [0.4, 0.5) is 10.1 Å². The molecule has 0 spiro atoms. The van der Waals surface area contributed by atoms with Crippen LogP contribution in [0.1, 0.15) is 19.4 Å². The molecule has 1 rings (SSSR count). The standard InChI is InChI=1S/C14H23FN2O3S/c1-10(2)9-17(5-6-20-4)21(18,19)14-8-12(16)7-13(15)11(14)3/h7-8,10H,5-6,9,16H2,1-4H3. The molecule has 0 heterocycles. The minimum atomic E-state index is -3.81. The van der Waals surface area contributed by atoms with Gasteiger partial charge in [-0.1, -0.05) is 13.8 Å². The van der Waals surface area contributed by atoms with Crippen LogP contribution in [0.15, 0.2) is 17.0 Å². The predicted octanol–water partition coefficient (Wildman–Crippen LogP) is 2.01. The Labute approximate surface area is 125 Å². The zero-order valence-corrected chi connectivity index (χ0v) is 13.7. The number of sulfonamides is 1. The highest BCUT2D eigenvalue weighted by Crippen LogP contribution is 2.25. The Morgan fingerprint density at radius 2 is 2.00 bits per heavy atom. The van der Waals surface area contributed by atoms with Crippen LogP contribution in [-0.2, 0) is 14.8 Å². The summed E-state index contributed by atoms with van der Waals surface area (Å²) in [5, 5.41) is 0. The van der Waals surface area contributed by atoms with Gasteiger partial charge in [0.05, 0.1) is 11.5 Å². The number of hydrogen-bond acceptors (Lipinski definition) is 4. The molecule has 0 aliphatic heterocycles. The van der Waals surface area contributed by atoms with E-state index in [4.69, 9.17) is 10.5 Å². The highest BCUT2D eigenvalue weighted by atomic mass is 32.2. The first-order valence-electron chi connectivity index (χ1n) is 6.74. The lowest BCUT2D eigenvalue weighted by Crippen LogP contribution is -2.37. The molecule has 0 amide bonds. The topological polar surface area (TPSA) is 72.6 Å². The molecule has 5 nitrogen and oxygen atoms in total. The maximum Gasteiger partial charge on any atom is 0.243 e. The molecule has 7 heteroatoms. The van der Waals surface area contributed by atoms with Gasteiger partial charge in [-0.3, -0.25) is 0 Å². The lowest BCUT2D eigenvalue weighted by atomic mass is 10.2. The van der Waals surface area contributed by atoms with Crippen molar-refractivity contribution >= 4 is 15.7 Å². The first kappa shape index (κ1) is 17.9. The Hall–Kier alpha value is -1.18. The van der Waals surface area contributed by atoms with Gasteiger partial charge in [-0.05, 0) is 25.0 Å². The van der Waals surface area contributed by atoms with E-state index in [-0.39, 0.29) is 35.2 Å². The SMILES string of the molecule is COCCN(CC(C)C)S(=O)(=O)c1cc(N)cc(F)c1C. The number of benzene rings is 1. The molecule has 0 fully saturated rings. The molecule has 0 radical (unpaired) electrons. The summed E-state index contributed by atoms with van der Waals surface area (Å²) in [7, 11) is -2.31. The van der Waals surface area contributed by atoms with E-state index >= 15 is 0 Å². The van der Waals surface area contributed by atoms with Crippen molar-refractivity contribution in [1.82, 2.24) is 4.31 Å². The Kier molecular flexibility index (Phi) is 6.12. The lowest BCUT2D eigenvalue weighted by molar-refractivity contribution is 0.175. The van der Waals surface area contributed by atoms with E-state index < -0.39 is 15.8 Å². The largest absolute Gasteiger partial charge is 0.399 e. The number of methoxy groups -OCH3 is 1. The van der Waals surface area contributed by atoms with Crippen LogP contribution in [0.3, 0.4) is 0 Å². The highest BCUT2D eigenvalue weighted by Gasteiger charge is 2.28. The summed E-state index contributed by atoms with van der Waals surface area (Å²) in [5.41, 5.74) is 5.75. The van der Waals surface area contributed by atoms with Crippen LogP contribution in [0, 0.1) is 18.7 Å². The Morgan fingerprint density at radius 1 is 1.38 bits per heavy atom. The molecule has 0 aromatic heterocycles. The lowest BCUT2D eigenvalue weighted by Gasteiger charge is -2.24. The van der Waals surface area contributed by atoms with Gasteiger partial charge in [-0.25, -0.2) is 12.8 Å². The van der Waals surface area contributed by atoms with Gasteiger partial charge in [0, 0.05) is 31.5 Å². The van der Waals surface area contributed by atoms with Gasteiger partial charge in [0.2, 0.25) is 10.0 Å². The van der Waals surface area contributed by atoms with Crippen molar-refractivity contribution in [1.29, 1.82) is 0 Å². The normalized spacial score (nSPS) is 12.3. The minimum Gasteiger partial charge on any atom is -0.399 e. The molecule has 0 saturated heterocycles. The predicted molar refractivity (Wildman–Crippen MR) is 81.0 cm³/mol. The van der Waals surface area contributed by atoms with E-state index in [1.165, 1.54) is 24.4 Å². The van der Waals surface area contributed by atoms with Gasteiger partial charge in [0.15, 0.2) is 0 Å². The molecule has 1 aromatic carbocycles. The van der Waals surface area contributed by atoms with Crippen LogP contribution < -0.4 is 5.73 Å². The second kappa shape index (κ2) is 7.20. The van der Waals surface area contributed by atoms with E-state index in [0.29, 0.717) is 6.54 Å². The van der Waals surface area contributed by atoms with Crippen LogP contribution >= 0.6 is 0 Å². The summed E-state index contributed by atoms with van der Waals surface area (Å²) in [6.45, 7) is 6.10. The fourth-order valence-corrected chi connectivity index (χ4v) is 3.85. The van der Waals surface area contributed by atoms with Crippen LogP contribution in [-0.4, -0.2) is 39.5 Å². The molecule has 21 heavy (non-hydrogen) atoms. The van der Waals surface area contributed by atoms with Gasteiger partial charge in [0.1, 0.15) is 5.82 Å². The zero-order valence-electron chi connectivity index (χ0n) is 12.9. The molecule has 0 unspecified atom stereocenters. The third-order valence-corrected chi connectivity index (χ3v) is 5.04. The second-order valence-corrected chi connectivity index (χ2v) is 7.28. The molecule has 1 aromatic rings. The zero-order chi connectivity index (χ0) is 16.2. The quantitative estimate of drug-likeness (QED) is 0.781. The number of hydrogen-bond donors (Lipinski definition) is 1. The first-order chi connectivity index (χ1) is 9.70. The van der Waals surface area contributed by atoms with Crippen molar-refractivity contribution < 1.29 is 17.5 Å². The monoisotopic (exact) mass is 318 g/mol.